The van der Waals surface area contributed by atoms with Gasteiger partial charge >= 0.3 is 12.2 Å². The maximum absolute atomic E-state index is 13.4. The number of halogens is 1. The molecule has 6 nitrogen and oxygen atoms in total. The number of anilines is 1. The van der Waals surface area contributed by atoms with Crippen LogP contribution in [0.4, 0.5) is 19.7 Å². The Morgan fingerprint density at radius 2 is 2.00 bits per heavy atom. The minimum Gasteiger partial charge on any atom is -0.444 e. The van der Waals surface area contributed by atoms with Gasteiger partial charge in [-0.3, -0.25) is 5.32 Å². The number of hydrogen-bond donors (Lipinski definition) is 1. The summed E-state index contributed by atoms with van der Waals surface area (Å²) < 4.78 is 24.4. The third kappa shape index (κ3) is 3.16. The van der Waals surface area contributed by atoms with Gasteiger partial charge in [0.25, 0.3) is 0 Å². The van der Waals surface area contributed by atoms with E-state index in [0.717, 1.165) is 5.56 Å². The van der Waals surface area contributed by atoms with Crippen LogP contribution in [0, 0.1) is 5.82 Å². The quantitative estimate of drug-likeness (QED) is 0.786. The fourth-order valence-electron chi connectivity index (χ4n) is 3.13. The number of nitrogens with zero attached hydrogens (tertiary/aromatic N) is 1. The van der Waals surface area contributed by atoms with Crippen LogP contribution >= 0.6 is 0 Å². The third-order valence-corrected chi connectivity index (χ3v) is 4.22. The molecule has 1 saturated heterocycles. The van der Waals surface area contributed by atoms with E-state index in [9.17, 15) is 14.0 Å². The molecular weight excluding hydrogens is 315 g/mol. The zero-order valence-corrected chi connectivity index (χ0v) is 14.0. The maximum Gasteiger partial charge on any atom is 0.412 e. The second-order valence-corrected chi connectivity index (χ2v) is 7.17. The van der Waals surface area contributed by atoms with Crippen LogP contribution in [0.3, 0.4) is 0 Å². The lowest BCUT2D eigenvalue weighted by Gasteiger charge is -2.44. The van der Waals surface area contributed by atoms with Gasteiger partial charge in [0.05, 0.1) is 5.69 Å². The van der Waals surface area contributed by atoms with Crippen molar-refractivity contribution in [2.45, 2.75) is 44.8 Å². The van der Waals surface area contributed by atoms with E-state index >= 15 is 0 Å². The van der Waals surface area contributed by atoms with E-state index < -0.39 is 23.1 Å². The summed E-state index contributed by atoms with van der Waals surface area (Å²) in [5.41, 5.74) is -0.217. The van der Waals surface area contributed by atoms with Gasteiger partial charge in [0.15, 0.2) is 0 Å². The number of amides is 2. The van der Waals surface area contributed by atoms with Crippen LogP contribution in [-0.2, 0) is 15.1 Å². The first-order valence-corrected chi connectivity index (χ1v) is 7.96. The van der Waals surface area contributed by atoms with E-state index in [0.29, 0.717) is 31.6 Å². The number of hydrogen-bond acceptors (Lipinski definition) is 4. The van der Waals surface area contributed by atoms with Crippen molar-refractivity contribution in [3.05, 3.63) is 29.6 Å². The Morgan fingerprint density at radius 1 is 1.33 bits per heavy atom. The zero-order valence-electron chi connectivity index (χ0n) is 14.0. The highest BCUT2D eigenvalue weighted by molar-refractivity contribution is 5.89. The van der Waals surface area contributed by atoms with Crippen molar-refractivity contribution in [2.24, 2.45) is 0 Å². The van der Waals surface area contributed by atoms with Crippen LogP contribution in [0.15, 0.2) is 18.2 Å². The van der Waals surface area contributed by atoms with Crippen LogP contribution < -0.4 is 5.32 Å². The van der Waals surface area contributed by atoms with Gasteiger partial charge in [0.1, 0.15) is 17.0 Å². The Kier molecular flexibility index (Phi) is 3.89. The van der Waals surface area contributed by atoms with E-state index in [1.165, 1.54) is 12.1 Å². The van der Waals surface area contributed by atoms with Crippen LogP contribution in [0.2, 0.25) is 0 Å². The molecule has 1 N–H and O–H groups in total. The number of carbonyl (C=O) groups excluding carboxylic acids is 2. The number of fused-ring (bicyclic) bond motifs is 2. The van der Waals surface area contributed by atoms with Crippen molar-refractivity contribution in [1.29, 1.82) is 0 Å². The molecule has 0 saturated carbocycles. The van der Waals surface area contributed by atoms with Gasteiger partial charge in [0.2, 0.25) is 0 Å². The summed E-state index contributed by atoms with van der Waals surface area (Å²) in [5.74, 6) is -0.419. The van der Waals surface area contributed by atoms with Gasteiger partial charge in [-0.15, -0.1) is 0 Å². The van der Waals surface area contributed by atoms with E-state index in [1.54, 1.807) is 11.0 Å². The average Bonchev–Trinajstić information content (AvgIpc) is 2.45. The van der Waals surface area contributed by atoms with Crippen LogP contribution in [0.5, 0.6) is 0 Å². The number of nitrogens with one attached hydrogen (secondary N) is 1. The SMILES string of the molecule is CC(C)(C)OC(=O)N1CCC2(CC1)OC(=O)Nc1cc(F)ccc12. The molecule has 1 aromatic rings. The van der Waals surface area contributed by atoms with Crippen LogP contribution in [0.1, 0.15) is 39.2 Å². The van der Waals surface area contributed by atoms with Gasteiger partial charge in [-0.25, -0.2) is 14.0 Å². The Balaban J connectivity index is 1.78. The first-order chi connectivity index (χ1) is 11.2. The van der Waals surface area contributed by atoms with Crippen molar-refractivity contribution in [3.63, 3.8) is 0 Å². The summed E-state index contributed by atoms with van der Waals surface area (Å²) in [4.78, 5) is 25.6. The number of likely N-dealkylation sites (tertiary alicyclic amines) is 1. The summed E-state index contributed by atoms with van der Waals surface area (Å²) in [6.45, 7) is 6.25. The molecule has 2 heterocycles. The molecular formula is C17H21FN2O4. The lowest BCUT2D eigenvalue weighted by molar-refractivity contribution is -0.0439. The maximum atomic E-state index is 13.4. The minimum absolute atomic E-state index is 0.378. The molecule has 2 aliphatic rings. The predicted octanol–water partition coefficient (Wildman–Crippen LogP) is 3.61. The number of piperidine rings is 1. The van der Waals surface area contributed by atoms with E-state index in [2.05, 4.69) is 5.32 Å². The molecule has 3 rings (SSSR count). The Labute approximate surface area is 139 Å². The lowest BCUT2D eigenvalue weighted by atomic mass is 9.82. The fraction of sp³-hybridized carbons (Fsp3) is 0.529. The third-order valence-electron chi connectivity index (χ3n) is 4.22. The molecule has 1 aromatic carbocycles. The molecule has 130 valence electrons. The molecule has 2 aliphatic heterocycles. The molecule has 1 fully saturated rings. The Hall–Kier alpha value is -2.31. The fourth-order valence-corrected chi connectivity index (χ4v) is 3.13. The molecule has 1 spiro atoms. The predicted molar refractivity (Wildman–Crippen MR) is 85.2 cm³/mol. The second kappa shape index (κ2) is 5.65. The molecule has 0 atom stereocenters. The summed E-state index contributed by atoms with van der Waals surface area (Å²) in [6, 6.07) is 4.27. The summed E-state index contributed by atoms with van der Waals surface area (Å²) >= 11 is 0. The standard InChI is InChI=1S/C17H21FN2O4/c1-16(2,3)24-15(22)20-8-6-17(7-9-20)12-5-4-11(18)10-13(12)19-14(21)23-17/h4-5,10H,6-9H2,1-3H3,(H,19,21). The molecule has 0 aromatic heterocycles. The Morgan fingerprint density at radius 3 is 2.62 bits per heavy atom. The Bertz CT molecular complexity index is 676. The highest BCUT2D eigenvalue weighted by atomic mass is 19.1. The highest BCUT2D eigenvalue weighted by Crippen LogP contribution is 2.43. The topological polar surface area (TPSA) is 67.9 Å². The summed E-state index contributed by atoms with van der Waals surface area (Å²) in [5, 5.41) is 2.53. The largest absolute Gasteiger partial charge is 0.444 e. The van der Waals surface area contributed by atoms with E-state index in [1.807, 2.05) is 20.8 Å². The first kappa shape index (κ1) is 16.5. The van der Waals surface area contributed by atoms with Crippen LogP contribution in [0.25, 0.3) is 0 Å². The molecule has 2 amide bonds. The van der Waals surface area contributed by atoms with Crippen molar-refractivity contribution in [2.75, 3.05) is 18.4 Å². The van der Waals surface area contributed by atoms with E-state index in [4.69, 9.17) is 9.47 Å². The average molecular weight is 336 g/mol. The summed E-state index contributed by atoms with van der Waals surface area (Å²) in [7, 11) is 0. The molecule has 0 unspecified atom stereocenters. The molecule has 24 heavy (non-hydrogen) atoms. The number of carbonyl (C=O) groups is 2. The highest BCUT2D eigenvalue weighted by Gasteiger charge is 2.45. The minimum atomic E-state index is -0.829. The van der Waals surface area contributed by atoms with Gasteiger partial charge < -0.3 is 14.4 Å². The smallest absolute Gasteiger partial charge is 0.412 e. The monoisotopic (exact) mass is 336 g/mol. The molecule has 7 heteroatoms. The van der Waals surface area contributed by atoms with Gasteiger partial charge in [0, 0.05) is 31.5 Å². The zero-order chi connectivity index (χ0) is 17.5. The van der Waals surface area contributed by atoms with Crippen molar-refractivity contribution >= 4 is 17.9 Å². The number of benzene rings is 1. The van der Waals surface area contributed by atoms with Gasteiger partial charge in [-0.2, -0.15) is 0 Å². The first-order valence-electron chi connectivity index (χ1n) is 7.96. The van der Waals surface area contributed by atoms with Crippen molar-refractivity contribution in [1.82, 2.24) is 4.90 Å². The summed E-state index contributed by atoms with van der Waals surface area (Å²) in [6.07, 6.45) is -0.0906. The van der Waals surface area contributed by atoms with Gasteiger partial charge in [-0.1, -0.05) is 6.07 Å². The number of ether oxygens (including phenoxy) is 2. The van der Waals surface area contributed by atoms with Gasteiger partial charge in [-0.05, 0) is 32.9 Å². The molecule has 0 bridgehead atoms. The number of rotatable bonds is 0. The van der Waals surface area contributed by atoms with Crippen molar-refractivity contribution < 1.29 is 23.5 Å². The normalized spacial score (nSPS) is 19.3. The second-order valence-electron chi connectivity index (χ2n) is 7.17. The molecule has 0 radical (unpaired) electrons. The van der Waals surface area contributed by atoms with Crippen LogP contribution in [-0.4, -0.2) is 35.8 Å². The lowest BCUT2D eigenvalue weighted by Crippen LogP contribution is -2.50. The van der Waals surface area contributed by atoms with E-state index in [-0.39, 0.29) is 6.09 Å². The van der Waals surface area contributed by atoms with Crippen molar-refractivity contribution in [3.8, 4) is 0 Å². The molecule has 0 aliphatic carbocycles.